The number of nitrogen functional groups attached to an aromatic ring is 1. The van der Waals surface area contributed by atoms with E-state index in [-0.39, 0.29) is 17.4 Å². The number of nitrogens with two attached hydrogens (primary N) is 1. The Morgan fingerprint density at radius 1 is 1.25 bits per heavy atom. The maximum absolute atomic E-state index is 13.5. The zero-order chi connectivity index (χ0) is 12.3. The second-order valence-corrected chi connectivity index (χ2v) is 4.26. The summed E-state index contributed by atoms with van der Waals surface area (Å²) in [5.74, 6) is -0.977. The molecule has 0 spiro atoms. The van der Waals surface area contributed by atoms with E-state index in [4.69, 9.17) is 5.73 Å². The summed E-state index contributed by atoms with van der Waals surface area (Å²) in [6, 6.07) is 2.30. The molecule has 0 fully saturated rings. The second-order valence-electron chi connectivity index (χ2n) is 4.26. The maximum atomic E-state index is 13.5. The maximum Gasteiger partial charge on any atom is 0.151 e. The van der Waals surface area contributed by atoms with E-state index in [1.807, 2.05) is 20.8 Å². The van der Waals surface area contributed by atoms with Crippen LogP contribution in [0.4, 0.5) is 20.2 Å². The number of rotatable bonds is 4. The molecular weight excluding hydrogens is 210 g/mol. The molecule has 2 nitrogen and oxygen atoms in total. The molecule has 1 unspecified atom stereocenters. The molecule has 1 aromatic rings. The molecule has 1 aromatic carbocycles. The van der Waals surface area contributed by atoms with Crippen LogP contribution in [0.3, 0.4) is 0 Å². The van der Waals surface area contributed by atoms with E-state index in [1.165, 1.54) is 0 Å². The van der Waals surface area contributed by atoms with Gasteiger partial charge in [0.1, 0.15) is 5.69 Å². The molecule has 0 radical (unpaired) electrons. The van der Waals surface area contributed by atoms with E-state index in [0.29, 0.717) is 5.92 Å². The first-order valence-corrected chi connectivity index (χ1v) is 5.46. The van der Waals surface area contributed by atoms with Crippen molar-refractivity contribution in [3.8, 4) is 0 Å². The van der Waals surface area contributed by atoms with Gasteiger partial charge in [0.2, 0.25) is 0 Å². The van der Waals surface area contributed by atoms with E-state index in [1.54, 1.807) is 0 Å². The first kappa shape index (κ1) is 12.7. The molecular formula is C12H18F2N2. The lowest BCUT2D eigenvalue weighted by atomic mass is 10.0. The van der Waals surface area contributed by atoms with Gasteiger partial charge in [0.15, 0.2) is 11.6 Å². The summed E-state index contributed by atoms with van der Waals surface area (Å²) in [6.07, 6.45) is 0.806. The highest BCUT2D eigenvalue weighted by atomic mass is 19.1. The highest BCUT2D eigenvalue weighted by Gasteiger charge is 2.16. The molecule has 90 valence electrons. The average molecular weight is 228 g/mol. The van der Waals surface area contributed by atoms with Crippen LogP contribution in [0, 0.1) is 17.6 Å². The number of anilines is 2. The van der Waals surface area contributed by atoms with E-state index < -0.39 is 11.6 Å². The molecule has 0 saturated carbocycles. The fourth-order valence-corrected chi connectivity index (χ4v) is 1.66. The van der Waals surface area contributed by atoms with Gasteiger partial charge in [-0.25, -0.2) is 8.78 Å². The van der Waals surface area contributed by atoms with Gasteiger partial charge in [0.05, 0.1) is 0 Å². The van der Waals surface area contributed by atoms with Gasteiger partial charge in [-0.3, -0.25) is 0 Å². The van der Waals surface area contributed by atoms with E-state index in [2.05, 4.69) is 5.32 Å². The third-order valence-electron chi connectivity index (χ3n) is 2.64. The van der Waals surface area contributed by atoms with Crippen molar-refractivity contribution in [2.24, 2.45) is 5.92 Å². The molecule has 0 aromatic heterocycles. The van der Waals surface area contributed by atoms with Crippen molar-refractivity contribution in [3.63, 3.8) is 0 Å². The van der Waals surface area contributed by atoms with Gasteiger partial charge in [-0.15, -0.1) is 0 Å². The number of hydrogen-bond acceptors (Lipinski definition) is 2. The summed E-state index contributed by atoms with van der Waals surface area (Å²) in [5, 5.41) is 2.89. The predicted molar refractivity (Wildman–Crippen MR) is 63.3 cm³/mol. The smallest absolute Gasteiger partial charge is 0.151 e. The van der Waals surface area contributed by atoms with Crippen LogP contribution in [0.15, 0.2) is 12.1 Å². The van der Waals surface area contributed by atoms with Crippen LogP contribution in [0.5, 0.6) is 0 Å². The Labute approximate surface area is 94.8 Å². The third kappa shape index (κ3) is 2.84. The molecule has 4 heteroatoms. The molecule has 1 rings (SSSR count). The van der Waals surface area contributed by atoms with Crippen LogP contribution in [-0.4, -0.2) is 6.04 Å². The van der Waals surface area contributed by atoms with Crippen molar-refractivity contribution in [1.82, 2.24) is 0 Å². The largest absolute Gasteiger partial charge is 0.399 e. The molecule has 0 aliphatic carbocycles. The number of halogens is 2. The van der Waals surface area contributed by atoms with Gasteiger partial charge < -0.3 is 11.1 Å². The van der Waals surface area contributed by atoms with Crippen LogP contribution in [-0.2, 0) is 0 Å². The van der Waals surface area contributed by atoms with E-state index in [0.717, 1.165) is 18.6 Å². The zero-order valence-electron chi connectivity index (χ0n) is 9.85. The molecule has 0 saturated heterocycles. The molecule has 0 amide bonds. The number of nitrogens with one attached hydrogen (secondary N) is 1. The molecule has 3 N–H and O–H groups in total. The Morgan fingerprint density at radius 3 is 2.12 bits per heavy atom. The summed E-state index contributed by atoms with van der Waals surface area (Å²) in [6.45, 7) is 5.99. The summed E-state index contributed by atoms with van der Waals surface area (Å²) in [5.41, 5.74) is 5.35. The lowest BCUT2D eigenvalue weighted by Crippen LogP contribution is -2.25. The van der Waals surface area contributed by atoms with Crippen molar-refractivity contribution in [3.05, 3.63) is 23.8 Å². The Morgan fingerprint density at radius 2 is 1.75 bits per heavy atom. The quantitative estimate of drug-likeness (QED) is 0.775. The Balaban J connectivity index is 2.96. The fraction of sp³-hybridized carbons (Fsp3) is 0.500. The first-order chi connectivity index (χ1) is 7.45. The Kier molecular flexibility index (Phi) is 4.10. The Bertz CT molecular complexity index is 341. The van der Waals surface area contributed by atoms with Crippen molar-refractivity contribution in [2.75, 3.05) is 11.1 Å². The standard InChI is InChI=1S/C12H18F2N2/c1-4-11(7(2)3)16-12-9(13)5-8(15)6-10(12)14/h5-7,11,16H,4,15H2,1-3H3. The summed E-state index contributed by atoms with van der Waals surface area (Å²) in [4.78, 5) is 0. The van der Waals surface area contributed by atoms with Gasteiger partial charge in [0.25, 0.3) is 0 Å². The topological polar surface area (TPSA) is 38.0 Å². The fourth-order valence-electron chi connectivity index (χ4n) is 1.66. The summed E-state index contributed by atoms with van der Waals surface area (Å²) < 4.78 is 27.0. The average Bonchev–Trinajstić information content (AvgIpc) is 2.15. The van der Waals surface area contributed by atoms with Crippen molar-refractivity contribution < 1.29 is 8.78 Å². The molecule has 0 bridgehead atoms. The van der Waals surface area contributed by atoms with Gasteiger partial charge >= 0.3 is 0 Å². The van der Waals surface area contributed by atoms with Crippen LogP contribution in [0.25, 0.3) is 0 Å². The van der Waals surface area contributed by atoms with Crippen LogP contribution >= 0.6 is 0 Å². The van der Waals surface area contributed by atoms with E-state index >= 15 is 0 Å². The minimum Gasteiger partial charge on any atom is -0.399 e. The first-order valence-electron chi connectivity index (χ1n) is 5.46. The summed E-state index contributed by atoms with van der Waals surface area (Å²) >= 11 is 0. The lowest BCUT2D eigenvalue weighted by Gasteiger charge is -2.22. The predicted octanol–water partition coefficient (Wildman–Crippen LogP) is 3.39. The van der Waals surface area contributed by atoms with Crippen LogP contribution in [0.2, 0.25) is 0 Å². The zero-order valence-corrected chi connectivity index (χ0v) is 9.85. The number of benzene rings is 1. The molecule has 1 atom stereocenters. The van der Waals surface area contributed by atoms with Crippen molar-refractivity contribution in [1.29, 1.82) is 0 Å². The molecule has 16 heavy (non-hydrogen) atoms. The number of hydrogen-bond donors (Lipinski definition) is 2. The molecule has 0 aliphatic heterocycles. The third-order valence-corrected chi connectivity index (χ3v) is 2.64. The minimum atomic E-state index is -0.642. The van der Waals surface area contributed by atoms with Crippen molar-refractivity contribution >= 4 is 11.4 Å². The van der Waals surface area contributed by atoms with E-state index in [9.17, 15) is 8.78 Å². The molecule has 0 aliphatic rings. The van der Waals surface area contributed by atoms with Gasteiger partial charge in [0, 0.05) is 11.7 Å². The minimum absolute atomic E-state index is 0.0487. The molecule has 0 heterocycles. The van der Waals surface area contributed by atoms with Crippen LogP contribution in [0.1, 0.15) is 27.2 Å². The van der Waals surface area contributed by atoms with Gasteiger partial charge in [-0.05, 0) is 24.5 Å². The highest BCUT2D eigenvalue weighted by Crippen LogP contribution is 2.24. The highest BCUT2D eigenvalue weighted by molar-refractivity contribution is 5.54. The van der Waals surface area contributed by atoms with Gasteiger partial charge in [-0.1, -0.05) is 20.8 Å². The lowest BCUT2D eigenvalue weighted by molar-refractivity contribution is 0.500. The Hall–Kier alpha value is -1.32. The van der Waals surface area contributed by atoms with Crippen molar-refractivity contribution in [2.45, 2.75) is 33.2 Å². The monoisotopic (exact) mass is 228 g/mol. The SMILES string of the molecule is CCC(Nc1c(F)cc(N)cc1F)C(C)C. The normalized spacial score (nSPS) is 12.9. The van der Waals surface area contributed by atoms with Crippen LogP contribution < -0.4 is 11.1 Å². The second kappa shape index (κ2) is 5.14. The van der Waals surface area contributed by atoms with Gasteiger partial charge in [-0.2, -0.15) is 0 Å². The summed E-state index contributed by atoms with van der Waals surface area (Å²) in [7, 11) is 0.